The van der Waals surface area contributed by atoms with Gasteiger partial charge in [0.2, 0.25) is 0 Å². The molecule has 2 rings (SSSR count). The molecule has 1 saturated carbocycles. The summed E-state index contributed by atoms with van der Waals surface area (Å²) >= 11 is 1.90. The highest BCUT2D eigenvalue weighted by molar-refractivity contribution is 8.00. The normalized spacial score (nSPS) is 17.1. The molecule has 0 amide bonds. The molecule has 0 atom stereocenters. The molecule has 0 saturated heterocycles. The zero-order valence-corrected chi connectivity index (χ0v) is 10.5. The average molecular weight is 239 g/mol. The standard InChI is InChI=1S/C11H17N3OS/c1-3-8-13-9(6-10(15)14-8)12-7-11(16-2)4-5-11/h6H,3-5,7H2,1-2H3,(H2,12,13,14,15). The maximum absolute atomic E-state index is 11.3. The first-order chi connectivity index (χ1) is 7.67. The van der Waals surface area contributed by atoms with Crippen LogP contribution in [0.4, 0.5) is 5.82 Å². The Morgan fingerprint density at radius 3 is 2.94 bits per heavy atom. The van der Waals surface area contributed by atoms with E-state index in [4.69, 9.17) is 0 Å². The van der Waals surface area contributed by atoms with E-state index in [9.17, 15) is 4.79 Å². The van der Waals surface area contributed by atoms with Gasteiger partial charge in [0.15, 0.2) is 0 Å². The molecule has 2 N–H and O–H groups in total. The minimum absolute atomic E-state index is 0.0802. The van der Waals surface area contributed by atoms with Crippen molar-refractivity contribution in [1.29, 1.82) is 0 Å². The molecule has 1 aromatic heterocycles. The fraction of sp³-hybridized carbons (Fsp3) is 0.636. The third kappa shape index (κ3) is 2.58. The molecule has 0 aliphatic heterocycles. The number of hydrogen-bond donors (Lipinski definition) is 2. The SMILES string of the molecule is CCc1nc(NCC2(SC)CC2)cc(=O)[nH]1. The van der Waals surface area contributed by atoms with Crippen LogP contribution in [-0.2, 0) is 6.42 Å². The van der Waals surface area contributed by atoms with Crippen LogP contribution in [0.5, 0.6) is 0 Å². The topological polar surface area (TPSA) is 57.8 Å². The Kier molecular flexibility index (Phi) is 3.23. The van der Waals surface area contributed by atoms with Crippen molar-refractivity contribution in [3.05, 3.63) is 22.2 Å². The summed E-state index contributed by atoms with van der Waals surface area (Å²) in [5.74, 6) is 1.44. The van der Waals surface area contributed by atoms with Gasteiger partial charge in [-0.2, -0.15) is 11.8 Å². The van der Waals surface area contributed by atoms with Crippen LogP contribution in [-0.4, -0.2) is 27.5 Å². The van der Waals surface area contributed by atoms with Gasteiger partial charge in [-0.15, -0.1) is 0 Å². The number of hydrogen-bond acceptors (Lipinski definition) is 4. The summed E-state index contributed by atoms with van der Waals surface area (Å²) in [6.45, 7) is 2.88. The Bertz CT molecular complexity index is 425. The molecule has 0 spiro atoms. The molecule has 0 bridgehead atoms. The largest absolute Gasteiger partial charge is 0.368 e. The summed E-state index contributed by atoms with van der Waals surface area (Å²) in [7, 11) is 0. The second-order valence-corrected chi connectivity index (χ2v) is 5.45. The molecule has 16 heavy (non-hydrogen) atoms. The summed E-state index contributed by atoms with van der Waals surface area (Å²) in [5, 5.41) is 3.26. The number of rotatable bonds is 5. The molecule has 1 aliphatic rings. The van der Waals surface area contributed by atoms with E-state index < -0.39 is 0 Å². The van der Waals surface area contributed by atoms with Crippen LogP contribution in [0.2, 0.25) is 0 Å². The van der Waals surface area contributed by atoms with Gasteiger partial charge in [-0.25, -0.2) is 4.98 Å². The van der Waals surface area contributed by atoms with Gasteiger partial charge in [-0.1, -0.05) is 6.92 Å². The first kappa shape index (κ1) is 11.5. The van der Waals surface area contributed by atoms with Gasteiger partial charge in [0.05, 0.1) is 0 Å². The number of aromatic nitrogens is 2. The van der Waals surface area contributed by atoms with E-state index in [2.05, 4.69) is 21.5 Å². The van der Waals surface area contributed by atoms with E-state index in [0.29, 0.717) is 10.6 Å². The van der Waals surface area contributed by atoms with Gasteiger partial charge >= 0.3 is 0 Å². The van der Waals surface area contributed by atoms with E-state index in [0.717, 1.165) is 18.8 Å². The lowest BCUT2D eigenvalue weighted by Crippen LogP contribution is -2.20. The molecule has 1 aliphatic carbocycles. The van der Waals surface area contributed by atoms with Gasteiger partial charge in [-0.05, 0) is 19.1 Å². The Morgan fingerprint density at radius 2 is 2.38 bits per heavy atom. The van der Waals surface area contributed by atoms with Crippen LogP contribution in [0.1, 0.15) is 25.6 Å². The second-order valence-electron chi connectivity index (χ2n) is 4.17. The van der Waals surface area contributed by atoms with Crippen LogP contribution < -0.4 is 10.9 Å². The number of aromatic amines is 1. The number of nitrogens with zero attached hydrogens (tertiary/aromatic N) is 1. The zero-order valence-electron chi connectivity index (χ0n) is 9.67. The Hall–Kier alpha value is -0.970. The molecule has 1 aromatic rings. The van der Waals surface area contributed by atoms with Crippen molar-refractivity contribution in [3.8, 4) is 0 Å². The molecule has 88 valence electrons. The van der Waals surface area contributed by atoms with E-state index >= 15 is 0 Å². The van der Waals surface area contributed by atoms with Crippen molar-refractivity contribution in [2.24, 2.45) is 0 Å². The van der Waals surface area contributed by atoms with Crippen LogP contribution in [0, 0.1) is 0 Å². The number of nitrogens with one attached hydrogen (secondary N) is 2. The number of anilines is 1. The highest BCUT2D eigenvalue weighted by atomic mass is 32.2. The lowest BCUT2D eigenvalue weighted by Gasteiger charge is -2.13. The summed E-state index contributed by atoms with van der Waals surface area (Å²) in [5.41, 5.74) is -0.0802. The number of thioether (sulfide) groups is 1. The quantitative estimate of drug-likeness (QED) is 0.820. The lowest BCUT2D eigenvalue weighted by molar-refractivity contribution is 0.894. The molecule has 5 heteroatoms. The minimum Gasteiger partial charge on any atom is -0.368 e. The van der Waals surface area contributed by atoms with Crippen LogP contribution in [0.15, 0.2) is 10.9 Å². The minimum atomic E-state index is -0.0802. The Balaban J connectivity index is 2.04. The Labute approximate surface area is 99.3 Å². The second kappa shape index (κ2) is 4.49. The molecule has 1 fully saturated rings. The third-order valence-electron chi connectivity index (χ3n) is 2.96. The molecule has 0 radical (unpaired) electrons. The van der Waals surface area contributed by atoms with E-state index in [1.165, 1.54) is 18.9 Å². The van der Waals surface area contributed by atoms with Crippen LogP contribution >= 0.6 is 11.8 Å². The van der Waals surface area contributed by atoms with Crippen molar-refractivity contribution in [2.45, 2.75) is 30.9 Å². The predicted molar refractivity (Wildman–Crippen MR) is 68.2 cm³/mol. The highest BCUT2D eigenvalue weighted by Crippen LogP contribution is 2.46. The maximum Gasteiger partial charge on any atom is 0.252 e. The summed E-state index contributed by atoms with van der Waals surface area (Å²) in [6.07, 6.45) is 5.39. The van der Waals surface area contributed by atoms with Crippen molar-refractivity contribution in [3.63, 3.8) is 0 Å². The monoisotopic (exact) mass is 239 g/mol. The van der Waals surface area contributed by atoms with Crippen molar-refractivity contribution in [2.75, 3.05) is 18.1 Å². The molecule has 4 nitrogen and oxygen atoms in total. The highest BCUT2D eigenvalue weighted by Gasteiger charge is 2.41. The van der Waals surface area contributed by atoms with Gasteiger partial charge in [0.25, 0.3) is 5.56 Å². The Morgan fingerprint density at radius 1 is 1.62 bits per heavy atom. The fourth-order valence-electron chi connectivity index (χ4n) is 1.61. The van der Waals surface area contributed by atoms with Crippen molar-refractivity contribution in [1.82, 2.24) is 9.97 Å². The van der Waals surface area contributed by atoms with Gasteiger partial charge in [0.1, 0.15) is 11.6 Å². The number of aryl methyl sites for hydroxylation is 1. The molecular formula is C11H17N3OS. The third-order valence-corrected chi connectivity index (χ3v) is 4.38. The maximum atomic E-state index is 11.3. The smallest absolute Gasteiger partial charge is 0.252 e. The van der Waals surface area contributed by atoms with Crippen LogP contribution in [0.25, 0.3) is 0 Å². The molecular weight excluding hydrogens is 222 g/mol. The molecule has 1 heterocycles. The van der Waals surface area contributed by atoms with Crippen molar-refractivity contribution >= 4 is 17.6 Å². The molecule has 0 aromatic carbocycles. The van der Waals surface area contributed by atoms with E-state index in [1.54, 1.807) is 0 Å². The van der Waals surface area contributed by atoms with Crippen molar-refractivity contribution < 1.29 is 0 Å². The van der Waals surface area contributed by atoms with Gasteiger partial charge < -0.3 is 10.3 Å². The summed E-state index contributed by atoms with van der Waals surface area (Å²) in [6, 6.07) is 1.52. The predicted octanol–water partition coefficient (Wildman–Crippen LogP) is 1.64. The first-order valence-corrected chi connectivity index (χ1v) is 6.79. The number of H-pyrrole nitrogens is 1. The first-order valence-electron chi connectivity index (χ1n) is 5.57. The van der Waals surface area contributed by atoms with E-state index in [1.807, 2.05) is 18.7 Å². The van der Waals surface area contributed by atoms with Gasteiger partial charge in [0, 0.05) is 23.8 Å². The lowest BCUT2D eigenvalue weighted by atomic mass is 10.4. The van der Waals surface area contributed by atoms with E-state index in [-0.39, 0.29) is 5.56 Å². The average Bonchev–Trinajstić information content (AvgIpc) is 3.06. The zero-order chi connectivity index (χ0) is 11.6. The van der Waals surface area contributed by atoms with Gasteiger partial charge in [-0.3, -0.25) is 4.79 Å². The van der Waals surface area contributed by atoms with Crippen LogP contribution in [0.3, 0.4) is 0 Å². The summed E-state index contributed by atoms with van der Waals surface area (Å²) in [4.78, 5) is 18.4. The fourth-order valence-corrected chi connectivity index (χ4v) is 2.34. The summed E-state index contributed by atoms with van der Waals surface area (Å²) < 4.78 is 0.386. The molecule has 0 unspecified atom stereocenters.